The summed E-state index contributed by atoms with van der Waals surface area (Å²) in [7, 11) is 0. The predicted octanol–water partition coefficient (Wildman–Crippen LogP) is 2.72. The summed E-state index contributed by atoms with van der Waals surface area (Å²) in [5.41, 5.74) is 0.581. The van der Waals surface area contributed by atoms with E-state index in [1.54, 1.807) is 24.3 Å². The molecule has 0 fully saturated rings. The Hall–Kier alpha value is -1.11. The Balaban J connectivity index is 2.84. The normalized spacial score (nSPS) is 9.80. The van der Waals surface area contributed by atoms with Crippen molar-refractivity contribution in [2.24, 2.45) is 0 Å². The Labute approximate surface area is 60.0 Å². The topological polar surface area (TPSA) is 0 Å². The number of hydrogen-bond acceptors (Lipinski definition) is 0. The first-order chi connectivity index (χ1) is 4.84. The van der Waals surface area contributed by atoms with Crippen LogP contribution in [0.3, 0.4) is 0 Å². The van der Waals surface area contributed by atoms with Crippen LogP contribution in [0.4, 0.5) is 4.39 Å². The van der Waals surface area contributed by atoms with Crippen molar-refractivity contribution in [1.29, 1.82) is 0 Å². The summed E-state index contributed by atoms with van der Waals surface area (Å²) >= 11 is 0. The van der Waals surface area contributed by atoms with Crippen molar-refractivity contribution in [2.45, 2.75) is 0 Å². The van der Waals surface area contributed by atoms with Gasteiger partial charge in [-0.25, -0.2) is 4.39 Å². The minimum absolute atomic E-state index is 0.277. The van der Waals surface area contributed by atoms with Crippen molar-refractivity contribution < 1.29 is 4.39 Å². The van der Waals surface area contributed by atoms with Gasteiger partial charge in [-0.15, -0.1) is 0 Å². The van der Waals surface area contributed by atoms with E-state index in [2.05, 4.69) is 6.58 Å². The zero-order chi connectivity index (χ0) is 7.40. The average molecular weight is 135 g/mol. The lowest BCUT2D eigenvalue weighted by Crippen LogP contribution is -1.84. The summed E-state index contributed by atoms with van der Waals surface area (Å²) in [4.78, 5) is 0. The highest BCUT2D eigenvalue weighted by Gasteiger charge is 2.02. The molecule has 1 heteroatoms. The fourth-order valence-electron chi connectivity index (χ4n) is 0.715. The molecule has 51 valence electrons. The molecule has 1 aromatic carbocycles. The minimum Gasteiger partial charge on any atom is -0.230 e. The van der Waals surface area contributed by atoms with Gasteiger partial charge in [-0.2, -0.15) is 0 Å². The second-order valence-electron chi connectivity index (χ2n) is 1.92. The van der Waals surface area contributed by atoms with E-state index in [0.29, 0.717) is 5.56 Å². The smallest absolute Gasteiger partial charge is 0.195 e. The molecular formula is C9H8F. The molecule has 1 aromatic rings. The van der Waals surface area contributed by atoms with Gasteiger partial charge in [0, 0.05) is 0 Å². The number of rotatable bonds is 2. The van der Waals surface area contributed by atoms with Gasteiger partial charge in [-0.1, -0.05) is 36.9 Å². The summed E-state index contributed by atoms with van der Waals surface area (Å²) in [5, 5.41) is 0. The molecular weight excluding hydrogens is 127 g/mol. The molecule has 0 aliphatic heterocycles. The highest BCUT2D eigenvalue weighted by molar-refractivity contribution is 5.31. The molecule has 0 spiro atoms. The Bertz CT molecular complexity index is 203. The zero-order valence-corrected chi connectivity index (χ0v) is 5.55. The van der Waals surface area contributed by atoms with Gasteiger partial charge in [-0.05, 0) is 11.6 Å². The van der Waals surface area contributed by atoms with Gasteiger partial charge in [0.1, 0.15) is 0 Å². The largest absolute Gasteiger partial charge is 0.230 e. The molecule has 0 nitrogen and oxygen atoms in total. The van der Waals surface area contributed by atoms with E-state index in [4.69, 9.17) is 0 Å². The third-order valence-electron chi connectivity index (χ3n) is 1.23. The first-order valence-corrected chi connectivity index (χ1v) is 3.05. The van der Waals surface area contributed by atoms with Gasteiger partial charge in [0.05, 0.1) is 0 Å². The zero-order valence-electron chi connectivity index (χ0n) is 5.55. The number of halogens is 1. The standard InChI is InChI=1S/C9H8F/c1-2-9(10)8-6-4-3-5-7-8/h2-7H,1H2. The molecule has 1 radical (unpaired) electrons. The molecule has 1 rings (SSSR count). The third kappa shape index (κ3) is 1.44. The van der Waals surface area contributed by atoms with E-state index in [-0.39, 0.29) is 6.17 Å². The summed E-state index contributed by atoms with van der Waals surface area (Å²) in [5.74, 6) is 0. The van der Waals surface area contributed by atoms with Crippen LogP contribution < -0.4 is 0 Å². The Morgan fingerprint density at radius 3 is 2.40 bits per heavy atom. The molecule has 0 N–H and O–H groups in total. The van der Waals surface area contributed by atoms with Crippen molar-refractivity contribution in [2.75, 3.05) is 0 Å². The molecule has 0 amide bonds. The Morgan fingerprint density at radius 1 is 1.30 bits per heavy atom. The van der Waals surface area contributed by atoms with Crippen molar-refractivity contribution in [1.82, 2.24) is 0 Å². The van der Waals surface area contributed by atoms with E-state index >= 15 is 0 Å². The van der Waals surface area contributed by atoms with Crippen LogP contribution in [0.1, 0.15) is 5.56 Å². The van der Waals surface area contributed by atoms with Crippen LogP contribution in [0.5, 0.6) is 0 Å². The van der Waals surface area contributed by atoms with Crippen molar-refractivity contribution in [3.63, 3.8) is 0 Å². The van der Waals surface area contributed by atoms with Crippen LogP contribution in [0, 0.1) is 6.17 Å². The van der Waals surface area contributed by atoms with E-state index in [1.807, 2.05) is 6.07 Å². The second-order valence-corrected chi connectivity index (χ2v) is 1.92. The predicted molar refractivity (Wildman–Crippen MR) is 40.1 cm³/mol. The lowest BCUT2D eigenvalue weighted by Gasteiger charge is -1.98. The van der Waals surface area contributed by atoms with Gasteiger partial charge >= 0.3 is 0 Å². The molecule has 0 bridgehead atoms. The minimum atomic E-state index is -0.277. The summed E-state index contributed by atoms with van der Waals surface area (Å²) in [6.45, 7) is 3.32. The van der Waals surface area contributed by atoms with Crippen LogP contribution in [0.2, 0.25) is 0 Å². The number of allylic oxidation sites excluding steroid dienone is 1. The molecule has 0 aliphatic carbocycles. The van der Waals surface area contributed by atoms with E-state index in [0.717, 1.165) is 0 Å². The fraction of sp³-hybridized carbons (Fsp3) is 0. The lowest BCUT2D eigenvalue weighted by molar-refractivity contribution is 0.578. The maximum atomic E-state index is 12.7. The van der Waals surface area contributed by atoms with Crippen molar-refractivity contribution in [3.8, 4) is 0 Å². The average Bonchev–Trinajstić information content (AvgIpc) is 2.05. The number of benzene rings is 1. The van der Waals surface area contributed by atoms with E-state index in [1.165, 1.54) is 6.08 Å². The maximum absolute atomic E-state index is 12.7. The first-order valence-electron chi connectivity index (χ1n) is 3.05. The van der Waals surface area contributed by atoms with Gasteiger partial charge in [0.15, 0.2) is 6.17 Å². The van der Waals surface area contributed by atoms with Crippen molar-refractivity contribution in [3.05, 3.63) is 54.7 Å². The monoisotopic (exact) mass is 135 g/mol. The molecule has 0 heterocycles. The molecule has 0 saturated heterocycles. The Kier molecular flexibility index (Phi) is 2.21. The summed E-state index contributed by atoms with van der Waals surface area (Å²) < 4.78 is 12.7. The summed E-state index contributed by atoms with van der Waals surface area (Å²) in [6, 6.07) is 8.84. The molecule has 0 unspecified atom stereocenters. The Morgan fingerprint density at radius 2 is 1.90 bits per heavy atom. The number of hydrogen-bond donors (Lipinski definition) is 0. The maximum Gasteiger partial charge on any atom is 0.195 e. The molecule has 0 saturated carbocycles. The van der Waals surface area contributed by atoms with Crippen LogP contribution in [0.15, 0.2) is 43.0 Å². The highest BCUT2D eigenvalue weighted by Crippen LogP contribution is 2.15. The lowest BCUT2D eigenvalue weighted by atomic mass is 10.1. The van der Waals surface area contributed by atoms with Crippen molar-refractivity contribution >= 4 is 0 Å². The van der Waals surface area contributed by atoms with Gasteiger partial charge < -0.3 is 0 Å². The van der Waals surface area contributed by atoms with Gasteiger partial charge in [0.25, 0.3) is 0 Å². The summed E-state index contributed by atoms with van der Waals surface area (Å²) in [6.07, 6.45) is 0.926. The first kappa shape index (κ1) is 7.00. The van der Waals surface area contributed by atoms with Crippen LogP contribution in [-0.2, 0) is 0 Å². The molecule has 0 aliphatic rings. The third-order valence-corrected chi connectivity index (χ3v) is 1.23. The molecule has 10 heavy (non-hydrogen) atoms. The van der Waals surface area contributed by atoms with Crippen LogP contribution in [0.25, 0.3) is 0 Å². The van der Waals surface area contributed by atoms with Crippen LogP contribution in [-0.4, -0.2) is 0 Å². The highest BCUT2D eigenvalue weighted by atomic mass is 19.1. The quantitative estimate of drug-likeness (QED) is 0.584. The SMILES string of the molecule is C=C[C](F)c1ccccc1. The molecule has 0 atom stereocenters. The van der Waals surface area contributed by atoms with Gasteiger partial charge in [-0.3, -0.25) is 0 Å². The van der Waals surface area contributed by atoms with Gasteiger partial charge in [0.2, 0.25) is 0 Å². The van der Waals surface area contributed by atoms with E-state index in [9.17, 15) is 4.39 Å². The van der Waals surface area contributed by atoms with E-state index < -0.39 is 0 Å². The van der Waals surface area contributed by atoms with Crippen LogP contribution >= 0.6 is 0 Å². The second kappa shape index (κ2) is 3.16. The molecule has 0 aromatic heterocycles. The fourth-order valence-corrected chi connectivity index (χ4v) is 0.715.